The smallest absolute Gasteiger partial charge is 0.415 e. The van der Waals surface area contributed by atoms with E-state index in [4.69, 9.17) is 9.47 Å². The highest BCUT2D eigenvalue weighted by atomic mass is 32.1. The fraction of sp³-hybridized carbons (Fsp3) is 0.393. The van der Waals surface area contributed by atoms with Crippen molar-refractivity contribution in [1.29, 1.82) is 0 Å². The second-order valence-electron chi connectivity index (χ2n) is 9.67. The number of quaternary nitrogens is 1. The van der Waals surface area contributed by atoms with Gasteiger partial charge >= 0.3 is 6.09 Å². The number of carbonyl (C=O) groups is 1. The third kappa shape index (κ3) is 5.36. The number of halogens is 1. The summed E-state index contributed by atoms with van der Waals surface area (Å²) in [6, 6.07) is 18.6. The molecule has 2 aromatic carbocycles. The van der Waals surface area contributed by atoms with E-state index in [2.05, 4.69) is 12.1 Å². The molecule has 2 bridgehead atoms. The van der Waals surface area contributed by atoms with E-state index >= 15 is 0 Å². The molecular weight excluding hydrogens is 463 g/mol. The van der Waals surface area contributed by atoms with Gasteiger partial charge in [0.05, 0.1) is 39.0 Å². The van der Waals surface area contributed by atoms with Crippen molar-refractivity contribution in [1.82, 2.24) is 0 Å². The summed E-state index contributed by atoms with van der Waals surface area (Å²) in [5.74, 6) is 0.829. The zero-order chi connectivity index (χ0) is 24.3. The van der Waals surface area contributed by atoms with Gasteiger partial charge in [-0.05, 0) is 41.3 Å². The number of fused-ring (bicyclic) bond motifs is 3. The molecule has 0 N–H and O–H groups in total. The highest BCUT2D eigenvalue weighted by Crippen LogP contribution is 2.36. The van der Waals surface area contributed by atoms with Gasteiger partial charge in [-0.2, -0.15) is 0 Å². The van der Waals surface area contributed by atoms with Gasteiger partial charge in [0.25, 0.3) is 0 Å². The first-order chi connectivity index (χ1) is 17.0. The van der Waals surface area contributed by atoms with Crippen molar-refractivity contribution in [3.63, 3.8) is 0 Å². The number of nitrogens with zero attached hydrogens (tertiary/aromatic N) is 2. The fourth-order valence-electron chi connectivity index (χ4n) is 5.50. The van der Waals surface area contributed by atoms with E-state index < -0.39 is 11.9 Å². The molecule has 184 valence electrons. The third-order valence-corrected chi connectivity index (χ3v) is 8.45. The van der Waals surface area contributed by atoms with Gasteiger partial charge in [0.15, 0.2) is 6.10 Å². The molecular formula is C28H32FN2O3S+. The second-order valence-corrected chi connectivity index (χ2v) is 10.7. The van der Waals surface area contributed by atoms with Crippen LogP contribution in [0.1, 0.15) is 23.3 Å². The van der Waals surface area contributed by atoms with Crippen molar-refractivity contribution in [3.8, 4) is 5.75 Å². The van der Waals surface area contributed by atoms with E-state index in [0.29, 0.717) is 12.5 Å². The molecule has 1 atom stereocenters. The summed E-state index contributed by atoms with van der Waals surface area (Å²) >= 11 is 1.55. The largest absolute Gasteiger partial charge is 0.497 e. The molecule has 3 aromatic rings. The number of hydrogen-bond donors (Lipinski definition) is 0. The van der Waals surface area contributed by atoms with E-state index in [1.54, 1.807) is 36.6 Å². The normalized spacial score (nSPS) is 23.1. The fourth-order valence-corrected chi connectivity index (χ4v) is 6.19. The molecule has 1 aromatic heterocycles. The topological polar surface area (TPSA) is 38.8 Å². The Hall–Kier alpha value is -2.90. The maximum atomic E-state index is 14.7. The van der Waals surface area contributed by atoms with Crippen LogP contribution in [0.4, 0.5) is 14.9 Å². The molecule has 7 heteroatoms. The van der Waals surface area contributed by atoms with Crippen LogP contribution in [0.15, 0.2) is 66.0 Å². The summed E-state index contributed by atoms with van der Waals surface area (Å²) in [5.41, 5.74) is 1.55. The van der Waals surface area contributed by atoms with Crippen molar-refractivity contribution in [2.45, 2.75) is 31.9 Å². The van der Waals surface area contributed by atoms with Crippen LogP contribution in [0.2, 0.25) is 0 Å². The monoisotopic (exact) mass is 495 g/mol. The van der Waals surface area contributed by atoms with E-state index in [1.165, 1.54) is 16.5 Å². The van der Waals surface area contributed by atoms with Gasteiger partial charge in [-0.15, -0.1) is 11.3 Å². The Kier molecular flexibility index (Phi) is 7.07. The van der Waals surface area contributed by atoms with E-state index in [1.807, 2.05) is 29.6 Å². The number of amides is 1. The molecule has 0 radical (unpaired) electrons. The average molecular weight is 496 g/mol. The SMILES string of the molecule is COc1ccc(CC[N+]23CCC(CC2)[C@@H](OC(=O)N(Cc2cccs2)c2ccccc2F)C3)cc1. The van der Waals surface area contributed by atoms with Crippen LogP contribution < -0.4 is 9.64 Å². The maximum Gasteiger partial charge on any atom is 0.415 e. The predicted molar refractivity (Wildman–Crippen MR) is 136 cm³/mol. The van der Waals surface area contributed by atoms with Crippen molar-refractivity contribution in [3.05, 3.63) is 82.3 Å². The lowest BCUT2D eigenvalue weighted by Crippen LogP contribution is -2.65. The standard InChI is InChI=1S/C28H32FN2O3S/c1-33-23-10-8-21(9-11-23)12-15-31-16-13-22(14-17-31)27(20-31)34-28(32)30(19-24-5-4-18-35-24)26-7-3-2-6-25(26)29/h2-11,18,22,27H,12-17,19-20H2,1H3/q+1/t22?,27-,31?/m0/s1. The Balaban J connectivity index is 1.28. The van der Waals surface area contributed by atoms with Gasteiger partial charge < -0.3 is 14.0 Å². The van der Waals surface area contributed by atoms with Crippen LogP contribution in [-0.4, -0.2) is 50.0 Å². The van der Waals surface area contributed by atoms with Crippen LogP contribution in [-0.2, 0) is 17.7 Å². The summed E-state index contributed by atoms with van der Waals surface area (Å²) in [6.07, 6.45) is 2.50. The number of methoxy groups -OCH3 is 1. The molecule has 0 saturated carbocycles. The van der Waals surface area contributed by atoms with Crippen molar-refractivity contribution in [2.24, 2.45) is 5.92 Å². The van der Waals surface area contributed by atoms with Crippen LogP contribution in [0.3, 0.4) is 0 Å². The number of hydrogen-bond acceptors (Lipinski definition) is 4. The molecule has 0 spiro atoms. The van der Waals surface area contributed by atoms with E-state index in [9.17, 15) is 9.18 Å². The molecule has 1 amide bonds. The number of piperidine rings is 3. The minimum absolute atomic E-state index is 0.140. The number of rotatable bonds is 8. The summed E-state index contributed by atoms with van der Waals surface area (Å²) in [4.78, 5) is 15.9. The predicted octanol–water partition coefficient (Wildman–Crippen LogP) is 5.89. The quantitative estimate of drug-likeness (QED) is 0.366. The highest BCUT2D eigenvalue weighted by molar-refractivity contribution is 7.09. The molecule has 3 saturated heterocycles. The molecule has 3 aliphatic heterocycles. The molecule has 3 fully saturated rings. The van der Waals surface area contributed by atoms with E-state index in [0.717, 1.165) is 60.6 Å². The number of thiophene rings is 1. The van der Waals surface area contributed by atoms with Crippen molar-refractivity contribution in [2.75, 3.05) is 38.2 Å². The summed E-state index contributed by atoms with van der Waals surface area (Å²) in [7, 11) is 1.68. The number of ether oxygens (including phenoxy) is 2. The molecule has 4 heterocycles. The molecule has 6 rings (SSSR count). The van der Waals surface area contributed by atoms with Crippen LogP contribution in [0.5, 0.6) is 5.75 Å². The van der Waals surface area contributed by atoms with Gasteiger partial charge in [0, 0.05) is 30.1 Å². The lowest BCUT2D eigenvalue weighted by atomic mass is 9.83. The second kappa shape index (κ2) is 10.4. The van der Waals surface area contributed by atoms with Crippen LogP contribution in [0.25, 0.3) is 0 Å². The lowest BCUT2D eigenvalue weighted by molar-refractivity contribution is -0.945. The third-order valence-electron chi connectivity index (χ3n) is 7.59. The first-order valence-electron chi connectivity index (χ1n) is 12.3. The zero-order valence-corrected chi connectivity index (χ0v) is 20.9. The number of carbonyl (C=O) groups excluding carboxylic acids is 1. The Morgan fingerprint density at radius 2 is 1.86 bits per heavy atom. The van der Waals surface area contributed by atoms with Crippen LogP contribution >= 0.6 is 11.3 Å². The van der Waals surface area contributed by atoms with Crippen molar-refractivity contribution >= 4 is 23.1 Å². The van der Waals surface area contributed by atoms with Gasteiger partial charge in [-0.3, -0.25) is 4.90 Å². The summed E-state index contributed by atoms with van der Waals surface area (Å²) in [5, 5.41) is 1.96. The zero-order valence-electron chi connectivity index (χ0n) is 20.1. The minimum Gasteiger partial charge on any atom is -0.497 e. The van der Waals surface area contributed by atoms with Crippen LogP contribution in [0, 0.1) is 11.7 Å². The Morgan fingerprint density at radius 3 is 2.54 bits per heavy atom. The Morgan fingerprint density at radius 1 is 1.09 bits per heavy atom. The Bertz CT molecular complexity index is 1130. The molecule has 0 aliphatic carbocycles. The van der Waals surface area contributed by atoms with Gasteiger partial charge in [0.2, 0.25) is 0 Å². The molecule has 35 heavy (non-hydrogen) atoms. The van der Waals surface area contributed by atoms with Gasteiger partial charge in [-0.1, -0.05) is 30.3 Å². The molecule has 3 aliphatic rings. The Labute approximate surface area is 210 Å². The number of para-hydroxylation sites is 1. The average Bonchev–Trinajstić information content (AvgIpc) is 3.41. The highest BCUT2D eigenvalue weighted by Gasteiger charge is 2.47. The summed E-state index contributed by atoms with van der Waals surface area (Å²) < 4.78 is 27.1. The van der Waals surface area contributed by atoms with E-state index in [-0.39, 0.29) is 11.8 Å². The molecule has 0 unspecified atom stereocenters. The first-order valence-corrected chi connectivity index (χ1v) is 13.2. The lowest BCUT2D eigenvalue weighted by Gasteiger charge is -2.52. The number of anilines is 1. The molecule has 5 nitrogen and oxygen atoms in total. The minimum atomic E-state index is -0.462. The summed E-state index contributed by atoms with van der Waals surface area (Å²) in [6.45, 7) is 4.41. The van der Waals surface area contributed by atoms with Gasteiger partial charge in [0.1, 0.15) is 18.1 Å². The number of benzene rings is 2. The van der Waals surface area contributed by atoms with Gasteiger partial charge in [-0.25, -0.2) is 9.18 Å². The first kappa shape index (κ1) is 23.8. The maximum absolute atomic E-state index is 14.7. The van der Waals surface area contributed by atoms with Crippen molar-refractivity contribution < 1.29 is 23.1 Å².